The van der Waals surface area contributed by atoms with E-state index < -0.39 is 11.6 Å². The standard InChI is InChI=1S/C18H22F2/c1-3-14-8-10-15(11-9-14)5-4-6-16-12-7-13(2)17(19)18(16)20/h3-4,6-7,12,14-15H,1,5,8-11H2,2H3/b6-4+. The number of hydrogen-bond donors (Lipinski definition) is 0. The molecule has 0 bridgehead atoms. The molecule has 0 aliphatic heterocycles. The number of hydrogen-bond acceptors (Lipinski definition) is 0. The van der Waals surface area contributed by atoms with Crippen LogP contribution in [0.4, 0.5) is 8.78 Å². The number of allylic oxidation sites excluding steroid dienone is 2. The minimum atomic E-state index is -0.739. The van der Waals surface area contributed by atoms with Crippen LogP contribution in [-0.4, -0.2) is 0 Å². The SMILES string of the molecule is C=CC1CCC(C/C=C/c2ccc(C)c(F)c2F)CC1. The molecule has 0 nitrogen and oxygen atoms in total. The molecule has 2 heteroatoms. The normalized spacial score (nSPS) is 23.1. The molecule has 1 fully saturated rings. The van der Waals surface area contributed by atoms with Crippen molar-refractivity contribution in [3.8, 4) is 0 Å². The van der Waals surface area contributed by atoms with Gasteiger partial charge in [-0.25, -0.2) is 8.78 Å². The molecular weight excluding hydrogens is 254 g/mol. The lowest BCUT2D eigenvalue weighted by Crippen LogP contribution is -2.12. The molecule has 0 N–H and O–H groups in total. The van der Waals surface area contributed by atoms with Crippen molar-refractivity contribution in [3.05, 3.63) is 53.6 Å². The predicted octanol–water partition coefficient (Wildman–Crippen LogP) is 5.67. The summed E-state index contributed by atoms with van der Waals surface area (Å²) in [6, 6.07) is 3.26. The molecule has 1 aromatic carbocycles. The van der Waals surface area contributed by atoms with Crippen molar-refractivity contribution < 1.29 is 8.78 Å². The Hall–Kier alpha value is -1.44. The van der Waals surface area contributed by atoms with Crippen LogP contribution in [0.3, 0.4) is 0 Å². The van der Waals surface area contributed by atoms with Crippen molar-refractivity contribution in [2.45, 2.75) is 39.0 Å². The second kappa shape index (κ2) is 6.83. The molecule has 0 radical (unpaired) electrons. The average molecular weight is 276 g/mol. The molecule has 0 atom stereocenters. The monoisotopic (exact) mass is 276 g/mol. The van der Waals surface area contributed by atoms with Crippen molar-refractivity contribution in [1.82, 2.24) is 0 Å². The molecule has 1 aliphatic carbocycles. The Bertz CT molecular complexity index is 494. The van der Waals surface area contributed by atoms with Crippen LogP contribution in [0, 0.1) is 30.4 Å². The van der Waals surface area contributed by atoms with Gasteiger partial charge < -0.3 is 0 Å². The molecule has 0 amide bonds. The minimum absolute atomic E-state index is 0.341. The Morgan fingerprint density at radius 3 is 2.50 bits per heavy atom. The number of aryl methyl sites for hydroxylation is 1. The zero-order chi connectivity index (χ0) is 14.5. The van der Waals surface area contributed by atoms with Crippen molar-refractivity contribution in [2.75, 3.05) is 0 Å². The number of benzene rings is 1. The molecule has 0 spiro atoms. The maximum atomic E-state index is 13.7. The summed E-state index contributed by atoms with van der Waals surface area (Å²) in [5, 5.41) is 0. The number of rotatable bonds is 4. The van der Waals surface area contributed by atoms with Gasteiger partial charge in [-0.15, -0.1) is 6.58 Å². The Morgan fingerprint density at radius 2 is 1.85 bits per heavy atom. The third-order valence-corrected chi connectivity index (χ3v) is 4.30. The summed E-state index contributed by atoms with van der Waals surface area (Å²) in [5.74, 6) is -0.144. The van der Waals surface area contributed by atoms with E-state index in [4.69, 9.17) is 0 Å². The first-order valence-electron chi connectivity index (χ1n) is 7.35. The summed E-state index contributed by atoms with van der Waals surface area (Å²) in [4.78, 5) is 0. The largest absolute Gasteiger partial charge is 0.203 e. The maximum absolute atomic E-state index is 13.7. The molecule has 0 aromatic heterocycles. The lowest BCUT2D eigenvalue weighted by Gasteiger charge is -2.25. The summed E-state index contributed by atoms with van der Waals surface area (Å²) < 4.78 is 27.1. The molecule has 1 aliphatic rings. The molecule has 1 saturated carbocycles. The molecule has 0 heterocycles. The van der Waals surface area contributed by atoms with Crippen LogP contribution in [-0.2, 0) is 0 Å². The van der Waals surface area contributed by atoms with Crippen LogP contribution < -0.4 is 0 Å². The van der Waals surface area contributed by atoms with Crippen molar-refractivity contribution >= 4 is 6.08 Å². The van der Waals surface area contributed by atoms with Gasteiger partial charge in [-0.3, -0.25) is 0 Å². The van der Waals surface area contributed by atoms with Crippen molar-refractivity contribution in [3.63, 3.8) is 0 Å². The van der Waals surface area contributed by atoms with Crippen LogP contribution >= 0.6 is 0 Å². The highest BCUT2D eigenvalue weighted by Gasteiger charge is 2.18. The van der Waals surface area contributed by atoms with Crippen LogP contribution in [0.2, 0.25) is 0 Å². The van der Waals surface area contributed by atoms with E-state index in [0.717, 1.165) is 6.42 Å². The van der Waals surface area contributed by atoms with Gasteiger partial charge in [0.05, 0.1) is 0 Å². The fourth-order valence-electron chi connectivity index (χ4n) is 2.84. The van der Waals surface area contributed by atoms with Gasteiger partial charge in [-0.1, -0.05) is 30.4 Å². The van der Waals surface area contributed by atoms with Gasteiger partial charge in [0.1, 0.15) is 0 Å². The zero-order valence-electron chi connectivity index (χ0n) is 12.0. The molecule has 1 aromatic rings. The Morgan fingerprint density at radius 1 is 1.15 bits per heavy atom. The van der Waals surface area contributed by atoms with E-state index in [9.17, 15) is 8.78 Å². The summed E-state index contributed by atoms with van der Waals surface area (Å²) in [7, 11) is 0. The van der Waals surface area contributed by atoms with E-state index in [-0.39, 0.29) is 0 Å². The molecule has 108 valence electrons. The molecule has 0 unspecified atom stereocenters. The van der Waals surface area contributed by atoms with Crippen LogP contribution in [0.1, 0.15) is 43.2 Å². The maximum Gasteiger partial charge on any atom is 0.166 e. The quantitative estimate of drug-likeness (QED) is 0.622. The van der Waals surface area contributed by atoms with Crippen molar-refractivity contribution in [1.29, 1.82) is 0 Å². The van der Waals surface area contributed by atoms with Gasteiger partial charge in [0.2, 0.25) is 0 Å². The zero-order valence-corrected chi connectivity index (χ0v) is 12.0. The van der Waals surface area contributed by atoms with Gasteiger partial charge in [-0.05, 0) is 56.4 Å². The van der Waals surface area contributed by atoms with E-state index in [1.54, 1.807) is 25.1 Å². The number of halogens is 2. The Kier molecular flexibility index (Phi) is 5.11. The van der Waals surface area contributed by atoms with Gasteiger partial charge in [0.15, 0.2) is 11.6 Å². The molecule has 2 rings (SSSR count). The first-order chi connectivity index (χ1) is 9.61. The average Bonchev–Trinajstić information content (AvgIpc) is 2.48. The highest BCUT2D eigenvalue weighted by atomic mass is 19.2. The summed E-state index contributed by atoms with van der Waals surface area (Å²) >= 11 is 0. The first kappa shape index (κ1) is 15.0. The van der Waals surface area contributed by atoms with Gasteiger partial charge in [0.25, 0.3) is 0 Å². The fraction of sp³-hybridized carbons (Fsp3) is 0.444. The molecule has 0 saturated heterocycles. The van der Waals surface area contributed by atoms with E-state index in [2.05, 4.69) is 12.7 Å². The van der Waals surface area contributed by atoms with Crippen LogP contribution in [0.5, 0.6) is 0 Å². The van der Waals surface area contributed by atoms with Gasteiger partial charge >= 0.3 is 0 Å². The topological polar surface area (TPSA) is 0 Å². The van der Waals surface area contributed by atoms with Gasteiger partial charge in [0, 0.05) is 5.56 Å². The lowest BCUT2D eigenvalue weighted by molar-refractivity contribution is 0.313. The second-order valence-electron chi connectivity index (χ2n) is 5.75. The van der Waals surface area contributed by atoms with Crippen molar-refractivity contribution in [2.24, 2.45) is 11.8 Å². The highest BCUT2D eigenvalue weighted by Crippen LogP contribution is 2.31. The summed E-state index contributed by atoms with van der Waals surface area (Å²) in [6.07, 6.45) is 11.5. The Labute approximate surface area is 120 Å². The Balaban J connectivity index is 1.91. The third-order valence-electron chi connectivity index (χ3n) is 4.30. The van der Waals surface area contributed by atoms with Crippen LogP contribution in [0.15, 0.2) is 30.9 Å². The van der Waals surface area contributed by atoms with E-state index >= 15 is 0 Å². The van der Waals surface area contributed by atoms with E-state index in [1.807, 2.05) is 6.08 Å². The van der Waals surface area contributed by atoms with Gasteiger partial charge in [-0.2, -0.15) is 0 Å². The highest BCUT2D eigenvalue weighted by molar-refractivity contribution is 5.51. The lowest BCUT2D eigenvalue weighted by atomic mass is 9.80. The van der Waals surface area contributed by atoms with E-state index in [1.165, 1.54) is 25.7 Å². The van der Waals surface area contributed by atoms with E-state index in [0.29, 0.717) is 23.0 Å². The first-order valence-corrected chi connectivity index (χ1v) is 7.35. The third kappa shape index (κ3) is 3.56. The summed E-state index contributed by atoms with van der Waals surface area (Å²) in [6.45, 7) is 5.42. The van der Waals surface area contributed by atoms with Crippen LogP contribution in [0.25, 0.3) is 6.08 Å². The molecule has 20 heavy (non-hydrogen) atoms. The summed E-state index contributed by atoms with van der Waals surface area (Å²) in [5.41, 5.74) is 0.690. The fourth-order valence-corrected chi connectivity index (χ4v) is 2.84. The minimum Gasteiger partial charge on any atom is -0.203 e. The second-order valence-corrected chi connectivity index (χ2v) is 5.75. The molecular formula is C18H22F2. The predicted molar refractivity (Wildman–Crippen MR) is 80.4 cm³/mol. The smallest absolute Gasteiger partial charge is 0.166 e.